The number of hydrogen-bond donors (Lipinski definition) is 2. The summed E-state index contributed by atoms with van der Waals surface area (Å²) in [5.74, 6) is -2.36. The van der Waals surface area contributed by atoms with E-state index in [2.05, 4.69) is 14.8 Å². The SMILES string of the molecule is O=S1(=O)NC2(CCN(Cc3ccc(OC(F)(F)F)cc3)CC2)Nc2cc(F)cc(F)c21. The van der Waals surface area contributed by atoms with E-state index in [9.17, 15) is 30.4 Å². The maximum atomic E-state index is 14.0. The Morgan fingerprint density at radius 2 is 1.71 bits per heavy atom. The number of alkyl halides is 3. The Kier molecular flexibility index (Phi) is 5.34. The van der Waals surface area contributed by atoms with Crippen LogP contribution in [0.1, 0.15) is 18.4 Å². The molecule has 0 bridgehead atoms. The van der Waals surface area contributed by atoms with Gasteiger partial charge in [-0.1, -0.05) is 12.1 Å². The first kappa shape index (κ1) is 21.8. The Morgan fingerprint density at radius 1 is 1.06 bits per heavy atom. The van der Waals surface area contributed by atoms with Crippen LogP contribution in [0.25, 0.3) is 0 Å². The lowest BCUT2D eigenvalue weighted by Gasteiger charge is -2.45. The largest absolute Gasteiger partial charge is 0.573 e. The van der Waals surface area contributed by atoms with Crippen molar-refractivity contribution in [1.29, 1.82) is 0 Å². The number of benzene rings is 2. The number of nitrogens with one attached hydrogen (secondary N) is 2. The van der Waals surface area contributed by atoms with Crippen LogP contribution in [0, 0.1) is 11.6 Å². The fourth-order valence-electron chi connectivity index (χ4n) is 3.89. The topological polar surface area (TPSA) is 70.7 Å². The molecule has 2 heterocycles. The van der Waals surface area contributed by atoms with Gasteiger partial charge in [-0.2, -0.15) is 4.72 Å². The van der Waals surface area contributed by atoms with Crippen LogP contribution in [0.2, 0.25) is 0 Å². The van der Waals surface area contributed by atoms with Crippen molar-refractivity contribution >= 4 is 15.7 Å². The molecule has 6 nitrogen and oxygen atoms in total. The predicted octanol–water partition coefficient (Wildman–Crippen LogP) is 3.56. The Bertz CT molecular complexity index is 1080. The van der Waals surface area contributed by atoms with Gasteiger partial charge < -0.3 is 10.1 Å². The maximum Gasteiger partial charge on any atom is 0.573 e. The lowest BCUT2D eigenvalue weighted by Crippen LogP contribution is -2.62. The second kappa shape index (κ2) is 7.61. The molecule has 31 heavy (non-hydrogen) atoms. The van der Waals surface area contributed by atoms with Crippen molar-refractivity contribution in [2.75, 3.05) is 18.4 Å². The summed E-state index contributed by atoms with van der Waals surface area (Å²) in [6.45, 7) is 1.34. The first-order chi connectivity index (χ1) is 14.4. The van der Waals surface area contributed by atoms with Crippen LogP contribution in [0.5, 0.6) is 5.75 Å². The zero-order valence-corrected chi connectivity index (χ0v) is 16.8. The van der Waals surface area contributed by atoms with Crippen molar-refractivity contribution in [2.24, 2.45) is 0 Å². The number of anilines is 1. The number of nitrogens with zero attached hydrogens (tertiary/aromatic N) is 1. The minimum Gasteiger partial charge on any atom is -0.406 e. The van der Waals surface area contributed by atoms with Gasteiger partial charge in [0.05, 0.1) is 5.69 Å². The quantitative estimate of drug-likeness (QED) is 0.682. The molecule has 2 aliphatic heterocycles. The van der Waals surface area contributed by atoms with Gasteiger partial charge in [-0.25, -0.2) is 17.2 Å². The Hall–Kier alpha value is -2.44. The second-order valence-corrected chi connectivity index (χ2v) is 9.16. The number of halogens is 5. The van der Waals surface area contributed by atoms with Crippen LogP contribution in [0.15, 0.2) is 41.3 Å². The molecule has 2 aromatic rings. The summed E-state index contributed by atoms with van der Waals surface area (Å²) in [6.07, 6.45) is -4.12. The average Bonchev–Trinajstić information content (AvgIpc) is 2.62. The van der Waals surface area contributed by atoms with Crippen LogP contribution in [-0.4, -0.2) is 38.4 Å². The normalized spacial score (nSPS) is 20.2. The van der Waals surface area contributed by atoms with E-state index in [1.165, 1.54) is 24.3 Å². The number of sulfonamides is 1. The van der Waals surface area contributed by atoms with E-state index in [1.807, 2.05) is 4.90 Å². The lowest BCUT2D eigenvalue weighted by molar-refractivity contribution is -0.274. The highest BCUT2D eigenvalue weighted by molar-refractivity contribution is 7.89. The molecule has 0 radical (unpaired) electrons. The molecule has 0 saturated carbocycles. The highest BCUT2D eigenvalue weighted by Crippen LogP contribution is 2.37. The van der Waals surface area contributed by atoms with Crippen molar-refractivity contribution in [3.8, 4) is 5.75 Å². The van der Waals surface area contributed by atoms with Gasteiger partial charge in [-0.3, -0.25) is 4.90 Å². The molecular formula is C19H18F5N3O3S. The predicted molar refractivity (Wildman–Crippen MR) is 101 cm³/mol. The van der Waals surface area contributed by atoms with Gasteiger partial charge in [0, 0.05) is 25.7 Å². The summed E-state index contributed by atoms with van der Waals surface area (Å²) in [5.41, 5.74) is -0.436. The van der Waals surface area contributed by atoms with Crippen LogP contribution in [0.4, 0.5) is 27.6 Å². The number of rotatable bonds is 3. The van der Waals surface area contributed by atoms with Crippen molar-refractivity contribution in [2.45, 2.75) is 36.3 Å². The van der Waals surface area contributed by atoms with Gasteiger partial charge in [0.25, 0.3) is 0 Å². The zero-order chi connectivity index (χ0) is 22.4. The number of fused-ring (bicyclic) bond motifs is 1. The van der Waals surface area contributed by atoms with Crippen LogP contribution < -0.4 is 14.8 Å². The van der Waals surface area contributed by atoms with Crippen molar-refractivity contribution in [1.82, 2.24) is 9.62 Å². The molecule has 1 fully saturated rings. The second-order valence-electron chi connectivity index (χ2n) is 7.54. The molecule has 4 rings (SSSR count). The number of piperidine rings is 1. The highest BCUT2D eigenvalue weighted by atomic mass is 32.2. The molecule has 1 saturated heterocycles. The summed E-state index contributed by atoms with van der Waals surface area (Å²) in [7, 11) is -4.17. The third-order valence-electron chi connectivity index (χ3n) is 5.25. The molecule has 0 atom stereocenters. The molecule has 168 valence electrons. The van der Waals surface area contributed by atoms with Crippen molar-refractivity contribution in [3.05, 3.63) is 53.6 Å². The molecule has 1 spiro atoms. The number of likely N-dealkylation sites (tertiary alicyclic amines) is 1. The smallest absolute Gasteiger partial charge is 0.406 e. The van der Waals surface area contributed by atoms with Gasteiger partial charge in [0.15, 0.2) is 0 Å². The Morgan fingerprint density at radius 3 is 2.32 bits per heavy atom. The van der Waals surface area contributed by atoms with E-state index in [4.69, 9.17) is 0 Å². The fourth-order valence-corrected chi connectivity index (χ4v) is 5.48. The zero-order valence-electron chi connectivity index (χ0n) is 16.0. The molecule has 0 amide bonds. The molecule has 2 aromatic carbocycles. The van der Waals surface area contributed by atoms with Gasteiger partial charge in [0.2, 0.25) is 10.0 Å². The minimum absolute atomic E-state index is 0.120. The summed E-state index contributed by atoms with van der Waals surface area (Å²) < 4.78 is 95.9. The van der Waals surface area contributed by atoms with Crippen LogP contribution in [0.3, 0.4) is 0 Å². The third kappa shape index (κ3) is 4.75. The molecular weight excluding hydrogens is 445 g/mol. The van der Waals surface area contributed by atoms with Gasteiger partial charge in [-0.15, -0.1) is 13.2 Å². The average molecular weight is 463 g/mol. The third-order valence-corrected chi connectivity index (χ3v) is 6.87. The fraction of sp³-hybridized carbons (Fsp3) is 0.368. The van der Waals surface area contributed by atoms with Crippen LogP contribution in [-0.2, 0) is 16.6 Å². The van der Waals surface area contributed by atoms with E-state index < -0.39 is 38.6 Å². The van der Waals surface area contributed by atoms with Crippen molar-refractivity contribution in [3.63, 3.8) is 0 Å². The van der Waals surface area contributed by atoms with E-state index >= 15 is 0 Å². The Balaban J connectivity index is 1.43. The Labute approximate surface area is 175 Å². The maximum absolute atomic E-state index is 14.0. The van der Waals surface area contributed by atoms with Crippen LogP contribution >= 0.6 is 0 Å². The standard InChI is InChI=1S/C19H18F5N3O3S/c20-13-9-15(21)17-16(10-13)25-18(26-31(17,28)29)5-7-27(8-6-18)11-12-1-3-14(4-2-12)30-19(22,23)24/h1-4,9-10,25-26H,5-8,11H2. The molecule has 0 aliphatic carbocycles. The summed E-state index contributed by atoms with van der Waals surface area (Å²) in [4.78, 5) is 1.39. The molecule has 2 aliphatic rings. The van der Waals surface area contributed by atoms with Gasteiger partial charge in [0.1, 0.15) is 27.9 Å². The molecule has 0 aromatic heterocycles. The van der Waals surface area contributed by atoms with Gasteiger partial charge in [-0.05, 0) is 36.6 Å². The van der Waals surface area contributed by atoms with E-state index in [-0.39, 0.29) is 11.4 Å². The highest BCUT2D eigenvalue weighted by Gasteiger charge is 2.44. The molecule has 0 unspecified atom stereocenters. The first-order valence-electron chi connectivity index (χ1n) is 9.33. The summed E-state index contributed by atoms with van der Waals surface area (Å²) in [5, 5.41) is 2.94. The number of hydrogen-bond acceptors (Lipinski definition) is 5. The minimum atomic E-state index is -4.76. The summed E-state index contributed by atoms with van der Waals surface area (Å²) in [6, 6.07) is 6.97. The monoisotopic (exact) mass is 463 g/mol. The van der Waals surface area contributed by atoms with Gasteiger partial charge >= 0.3 is 6.36 Å². The van der Waals surface area contributed by atoms with E-state index in [0.29, 0.717) is 38.5 Å². The van der Waals surface area contributed by atoms with E-state index in [1.54, 1.807) is 0 Å². The summed E-state index contributed by atoms with van der Waals surface area (Å²) >= 11 is 0. The molecule has 2 N–H and O–H groups in total. The number of ether oxygens (including phenoxy) is 1. The van der Waals surface area contributed by atoms with Crippen molar-refractivity contribution < 1.29 is 35.1 Å². The lowest BCUT2D eigenvalue weighted by atomic mass is 9.96. The molecule has 12 heteroatoms. The first-order valence-corrected chi connectivity index (χ1v) is 10.8. The van der Waals surface area contributed by atoms with E-state index in [0.717, 1.165) is 11.6 Å².